The van der Waals surface area contributed by atoms with Gasteiger partial charge in [-0.05, 0) is 18.9 Å². The maximum absolute atomic E-state index is 11.5. The second kappa shape index (κ2) is 8.91. The maximum Gasteiger partial charge on any atom is 0.308 e. The molecule has 0 fully saturated rings. The third-order valence-electron chi connectivity index (χ3n) is 2.77. The van der Waals surface area contributed by atoms with Crippen molar-refractivity contribution in [2.75, 3.05) is 13.1 Å². The second-order valence-corrected chi connectivity index (χ2v) is 5.21. The molecule has 0 heterocycles. The number of carboxylic acid groups (broad SMARTS) is 1. The molecule has 106 valence electrons. The highest BCUT2D eigenvalue weighted by Crippen LogP contribution is 2.09. The molecular formula is C13H26N2O3. The zero-order valence-electron chi connectivity index (χ0n) is 11.8. The van der Waals surface area contributed by atoms with Crippen LogP contribution in [-0.4, -0.2) is 36.1 Å². The van der Waals surface area contributed by atoms with Gasteiger partial charge in [-0.2, -0.15) is 0 Å². The molecule has 0 radical (unpaired) electrons. The molecule has 0 rings (SSSR count). The molecule has 1 unspecified atom stereocenters. The minimum atomic E-state index is -0.855. The number of carbonyl (C=O) groups is 2. The van der Waals surface area contributed by atoms with E-state index in [1.165, 1.54) is 0 Å². The molecule has 0 aliphatic rings. The van der Waals surface area contributed by atoms with E-state index in [0.29, 0.717) is 12.5 Å². The van der Waals surface area contributed by atoms with E-state index in [-0.39, 0.29) is 18.4 Å². The van der Waals surface area contributed by atoms with Crippen LogP contribution in [-0.2, 0) is 9.59 Å². The van der Waals surface area contributed by atoms with Gasteiger partial charge in [-0.1, -0.05) is 27.7 Å². The molecule has 5 heteroatoms. The summed E-state index contributed by atoms with van der Waals surface area (Å²) in [7, 11) is 0. The van der Waals surface area contributed by atoms with Crippen molar-refractivity contribution in [3.05, 3.63) is 0 Å². The van der Waals surface area contributed by atoms with Crippen LogP contribution in [0.5, 0.6) is 0 Å². The van der Waals surface area contributed by atoms with E-state index >= 15 is 0 Å². The topological polar surface area (TPSA) is 78.4 Å². The average Bonchev–Trinajstić information content (AvgIpc) is 2.23. The lowest BCUT2D eigenvalue weighted by Gasteiger charge is -2.16. The zero-order valence-corrected chi connectivity index (χ0v) is 11.8. The Labute approximate surface area is 109 Å². The predicted octanol–water partition coefficient (Wildman–Crippen LogP) is 1.24. The first-order valence-electron chi connectivity index (χ1n) is 6.57. The first-order chi connectivity index (χ1) is 8.34. The summed E-state index contributed by atoms with van der Waals surface area (Å²) in [4.78, 5) is 22.4. The van der Waals surface area contributed by atoms with E-state index in [1.807, 2.05) is 13.8 Å². The lowest BCUT2D eigenvalue weighted by Crippen LogP contribution is -2.35. The first-order valence-corrected chi connectivity index (χ1v) is 6.57. The fraction of sp³-hybridized carbons (Fsp3) is 0.846. The van der Waals surface area contributed by atoms with Crippen molar-refractivity contribution in [3.63, 3.8) is 0 Å². The molecule has 0 aliphatic carbocycles. The molecule has 0 aromatic heterocycles. The van der Waals surface area contributed by atoms with Crippen LogP contribution in [0.15, 0.2) is 0 Å². The van der Waals surface area contributed by atoms with E-state index < -0.39 is 11.9 Å². The average molecular weight is 258 g/mol. The zero-order chi connectivity index (χ0) is 14.1. The van der Waals surface area contributed by atoms with Crippen LogP contribution in [0.1, 0.15) is 40.5 Å². The Kier molecular flexibility index (Phi) is 8.37. The lowest BCUT2D eigenvalue weighted by molar-refractivity contribution is -0.143. The van der Waals surface area contributed by atoms with Gasteiger partial charge in [0.1, 0.15) is 0 Å². The minimum absolute atomic E-state index is 0.0189. The number of rotatable bonds is 9. The van der Waals surface area contributed by atoms with Crippen LogP contribution >= 0.6 is 0 Å². The molecule has 0 aliphatic heterocycles. The highest BCUT2D eigenvalue weighted by molar-refractivity contribution is 5.77. The molecule has 18 heavy (non-hydrogen) atoms. The molecule has 0 saturated carbocycles. The van der Waals surface area contributed by atoms with E-state index in [1.54, 1.807) is 0 Å². The fourth-order valence-corrected chi connectivity index (χ4v) is 1.56. The summed E-state index contributed by atoms with van der Waals surface area (Å²) < 4.78 is 0. The first kappa shape index (κ1) is 16.9. The summed E-state index contributed by atoms with van der Waals surface area (Å²) in [5.74, 6) is -1.42. The van der Waals surface area contributed by atoms with Crippen molar-refractivity contribution in [2.45, 2.75) is 46.6 Å². The highest BCUT2D eigenvalue weighted by Gasteiger charge is 2.21. The van der Waals surface area contributed by atoms with E-state index in [2.05, 4.69) is 24.5 Å². The number of hydrogen-bond acceptors (Lipinski definition) is 3. The van der Waals surface area contributed by atoms with Crippen LogP contribution < -0.4 is 10.6 Å². The largest absolute Gasteiger partial charge is 0.481 e. The van der Waals surface area contributed by atoms with Gasteiger partial charge in [0.2, 0.25) is 5.91 Å². The van der Waals surface area contributed by atoms with Crippen molar-refractivity contribution >= 4 is 11.9 Å². The van der Waals surface area contributed by atoms with Crippen LogP contribution in [0, 0.1) is 11.8 Å². The Hall–Kier alpha value is -1.10. The van der Waals surface area contributed by atoms with Crippen molar-refractivity contribution in [1.29, 1.82) is 0 Å². The van der Waals surface area contributed by atoms with Gasteiger partial charge < -0.3 is 15.7 Å². The van der Waals surface area contributed by atoms with E-state index in [9.17, 15) is 9.59 Å². The number of carbonyl (C=O) groups excluding carboxylic acids is 1. The Morgan fingerprint density at radius 1 is 1.17 bits per heavy atom. The van der Waals surface area contributed by atoms with E-state index in [0.717, 1.165) is 13.0 Å². The van der Waals surface area contributed by atoms with Crippen molar-refractivity contribution in [2.24, 2.45) is 11.8 Å². The quantitative estimate of drug-likeness (QED) is 0.544. The monoisotopic (exact) mass is 258 g/mol. The summed E-state index contributed by atoms with van der Waals surface area (Å²) in [5, 5.41) is 14.9. The van der Waals surface area contributed by atoms with Crippen LogP contribution in [0.4, 0.5) is 0 Å². The van der Waals surface area contributed by atoms with Crippen molar-refractivity contribution in [1.82, 2.24) is 10.6 Å². The van der Waals surface area contributed by atoms with Gasteiger partial charge in [-0.25, -0.2) is 0 Å². The Morgan fingerprint density at radius 2 is 1.78 bits per heavy atom. The van der Waals surface area contributed by atoms with Gasteiger partial charge in [0, 0.05) is 19.0 Å². The maximum atomic E-state index is 11.5. The number of hydrogen-bond donors (Lipinski definition) is 3. The van der Waals surface area contributed by atoms with Gasteiger partial charge >= 0.3 is 5.97 Å². The fourth-order valence-electron chi connectivity index (χ4n) is 1.56. The SMILES string of the molecule is CC(C)NCCCC(=O)NCC(C(=O)O)C(C)C. The number of carboxylic acids is 1. The number of nitrogens with one attached hydrogen (secondary N) is 2. The normalized spacial score (nSPS) is 12.8. The predicted molar refractivity (Wildman–Crippen MR) is 71.3 cm³/mol. The Morgan fingerprint density at radius 3 is 2.22 bits per heavy atom. The van der Waals surface area contributed by atoms with Gasteiger partial charge in [0.25, 0.3) is 0 Å². The molecule has 3 N–H and O–H groups in total. The Balaban J connectivity index is 3.78. The molecule has 0 aromatic rings. The van der Waals surface area contributed by atoms with E-state index in [4.69, 9.17) is 5.11 Å². The standard InChI is InChI=1S/C13H26N2O3/c1-9(2)11(13(17)18)8-15-12(16)6-5-7-14-10(3)4/h9-11,14H,5-8H2,1-4H3,(H,15,16)(H,17,18). The highest BCUT2D eigenvalue weighted by atomic mass is 16.4. The van der Waals surface area contributed by atoms with Crippen LogP contribution in [0.25, 0.3) is 0 Å². The second-order valence-electron chi connectivity index (χ2n) is 5.21. The molecule has 0 bridgehead atoms. The van der Waals surface area contributed by atoms with Gasteiger partial charge in [-0.15, -0.1) is 0 Å². The summed E-state index contributed by atoms with van der Waals surface area (Å²) in [6.07, 6.45) is 1.20. The minimum Gasteiger partial charge on any atom is -0.481 e. The van der Waals surface area contributed by atoms with Crippen molar-refractivity contribution < 1.29 is 14.7 Å². The Bertz CT molecular complexity index is 265. The summed E-state index contributed by atoms with van der Waals surface area (Å²) in [6, 6.07) is 0.422. The summed E-state index contributed by atoms with van der Waals surface area (Å²) >= 11 is 0. The van der Waals surface area contributed by atoms with Crippen LogP contribution in [0.3, 0.4) is 0 Å². The van der Waals surface area contributed by atoms with Crippen molar-refractivity contribution in [3.8, 4) is 0 Å². The number of amides is 1. The summed E-state index contributed by atoms with van der Waals surface area (Å²) in [5.41, 5.74) is 0. The molecule has 5 nitrogen and oxygen atoms in total. The number of aliphatic carboxylic acids is 1. The van der Waals surface area contributed by atoms with Gasteiger partial charge in [0.15, 0.2) is 0 Å². The molecular weight excluding hydrogens is 232 g/mol. The third kappa shape index (κ3) is 8.06. The molecule has 1 amide bonds. The smallest absolute Gasteiger partial charge is 0.308 e. The molecule has 0 spiro atoms. The van der Waals surface area contributed by atoms with Crippen LogP contribution in [0.2, 0.25) is 0 Å². The molecule has 1 atom stereocenters. The molecule has 0 aromatic carbocycles. The summed E-state index contributed by atoms with van der Waals surface area (Å²) in [6.45, 7) is 8.82. The van der Waals surface area contributed by atoms with Gasteiger partial charge in [0.05, 0.1) is 5.92 Å². The lowest BCUT2D eigenvalue weighted by atomic mass is 9.96. The molecule has 0 saturated heterocycles. The van der Waals surface area contributed by atoms with Gasteiger partial charge in [-0.3, -0.25) is 9.59 Å². The third-order valence-corrected chi connectivity index (χ3v) is 2.77.